The lowest BCUT2D eigenvalue weighted by molar-refractivity contribution is -0.131. The van der Waals surface area contributed by atoms with Gasteiger partial charge in [0, 0.05) is 48.2 Å². The minimum Gasteiger partial charge on any atom is -0.768 e. The fraction of sp³-hybridized carbons (Fsp3) is 0.350. The molecule has 1 atom stereocenters. The number of amides is 1. The Morgan fingerprint density at radius 3 is 2.29 bits per heavy atom. The van der Waals surface area contributed by atoms with Gasteiger partial charge >= 0.3 is 0 Å². The zero-order valence-electron chi connectivity index (χ0n) is 15.4. The first-order valence-corrected chi connectivity index (χ1v) is 10.6. The van der Waals surface area contributed by atoms with Crippen LogP contribution in [0.15, 0.2) is 53.4 Å². The minimum atomic E-state index is -2.21. The van der Waals surface area contributed by atoms with Crippen LogP contribution in [0.25, 0.3) is 0 Å². The van der Waals surface area contributed by atoms with E-state index in [1.54, 1.807) is 36.4 Å². The van der Waals surface area contributed by atoms with Gasteiger partial charge in [0.05, 0.1) is 6.61 Å². The summed E-state index contributed by atoms with van der Waals surface area (Å²) in [5.74, 6) is 0.883. The summed E-state index contributed by atoms with van der Waals surface area (Å²) in [6.45, 7) is 3.26. The Bertz CT molecular complexity index is 806. The van der Waals surface area contributed by atoms with Crippen LogP contribution in [0.2, 0.25) is 5.02 Å². The first kappa shape index (κ1) is 20.6. The van der Waals surface area contributed by atoms with Crippen LogP contribution in [0.5, 0.6) is 5.75 Å². The minimum absolute atomic E-state index is 0.136. The number of ether oxygens (including phenoxy) is 1. The maximum absolute atomic E-state index is 12.4. The Kier molecular flexibility index (Phi) is 7.30. The van der Waals surface area contributed by atoms with E-state index in [0.29, 0.717) is 37.6 Å². The topological polar surface area (TPSA) is 72.9 Å². The van der Waals surface area contributed by atoms with Crippen LogP contribution in [0.1, 0.15) is 12.8 Å². The molecular formula is C20H22ClN2O4S-. The molecule has 28 heavy (non-hydrogen) atoms. The van der Waals surface area contributed by atoms with Crippen molar-refractivity contribution < 1.29 is 18.3 Å². The van der Waals surface area contributed by atoms with Gasteiger partial charge in [-0.05, 0) is 66.0 Å². The van der Waals surface area contributed by atoms with E-state index in [2.05, 4.69) is 4.90 Å². The lowest BCUT2D eigenvalue weighted by Gasteiger charge is -2.36. The van der Waals surface area contributed by atoms with Gasteiger partial charge in [-0.3, -0.25) is 9.00 Å². The SMILES string of the molecule is O=C(CCCOc1ccc(Cl)cc1)N1CCN(c2ccc(S(=O)[O-])cc2)CC1. The molecule has 2 aromatic carbocycles. The van der Waals surface area contributed by atoms with E-state index in [1.807, 2.05) is 17.0 Å². The Labute approximate surface area is 172 Å². The van der Waals surface area contributed by atoms with Crippen LogP contribution >= 0.6 is 11.6 Å². The summed E-state index contributed by atoms with van der Waals surface area (Å²) in [6.07, 6.45) is 1.12. The highest BCUT2D eigenvalue weighted by atomic mass is 35.5. The van der Waals surface area contributed by atoms with Gasteiger partial charge in [-0.2, -0.15) is 0 Å². The number of nitrogens with zero attached hydrogens (tertiary/aromatic N) is 2. The van der Waals surface area contributed by atoms with E-state index in [4.69, 9.17) is 16.3 Å². The molecule has 1 unspecified atom stereocenters. The molecule has 8 heteroatoms. The number of hydrogen-bond donors (Lipinski definition) is 0. The molecular weight excluding hydrogens is 400 g/mol. The van der Waals surface area contributed by atoms with Crippen molar-refractivity contribution in [1.29, 1.82) is 0 Å². The molecule has 1 saturated heterocycles. The van der Waals surface area contributed by atoms with Crippen molar-refractivity contribution in [3.05, 3.63) is 53.6 Å². The largest absolute Gasteiger partial charge is 0.768 e. The van der Waals surface area contributed by atoms with Gasteiger partial charge < -0.3 is 19.1 Å². The van der Waals surface area contributed by atoms with Gasteiger partial charge in [0.1, 0.15) is 5.75 Å². The Morgan fingerprint density at radius 2 is 1.68 bits per heavy atom. The molecule has 1 fully saturated rings. The third-order valence-electron chi connectivity index (χ3n) is 4.64. The van der Waals surface area contributed by atoms with E-state index in [-0.39, 0.29) is 10.8 Å². The zero-order valence-corrected chi connectivity index (χ0v) is 17.0. The van der Waals surface area contributed by atoms with Gasteiger partial charge in [-0.15, -0.1) is 0 Å². The van der Waals surface area contributed by atoms with Crippen molar-refractivity contribution >= 4 is 34.3 Å². The number of rotatable bonds is 7. The second-order valence-electron chi connectivity index (χ2n) is 6.50. The molecule has 0 aliphatic carbocycles. The molecule has 1 aliphatic rings. The lowest BCUT2D eigenvalue weighted by atomic mass is 10.2. The van der Waals surface area contributed by atoms with Crippen molar-refractivity contribution in [2.45, 2.75) is 17.7 Å². The third kappa shape index (κ3) is 5.70. The molecule has 150 valence electrons. The number of carbonyl (C=O) groups is 1. The number of piperazine rings is 1. The van der Waals surface area contributed by atoms with Crippen LogP contribution in [0, 0.1) is 0 Å². The van der Waals surface area contributed by atoms with Crippen LogP contribution in [-0.4, -0.2) is 52.4 Å². The molecule has 2 aromatic rings. The number of anilines is 1. The van der Waals surface area contributed by atoms with Gasteiger partial charge in [0.15, 0.2) is 0 Å². The normalized spacial score (nSPS) is 15.4. The average molecular weight is 422 g/mol. The van der Waals surface area contributed by atoms with E-state index in [1.165, 1.54) is 0 Å². The summed E-state index contributed by atoms with van der Waals surface area (Å²) in [5, 5.41) is 0.665. The highest BCUT2D eigenvalue weighted by molar-refractivity contribution is 7.79. The van der Waals surface area contributed by atoms with Gasteiger partial charge in [-0.25, -0.2) is 0 Å². The van der Waals surface area contributed by atoms with Crippen molar-refractivity contribution in [1.82, 2.24) is 4.90 Å². The number of benzene rings is 2. The predicted octanol–water partition coefficient (Wildman–Crippen LogP) is 3.09. The van der Waals surface area contributed by atoms with E-state index < -0.39 is 11.1 Å². The summed E-state index contributed by atoms with van der Waals surface area (Å²) < 4.78 is 27.5. The fourth-order valence-electron chi connectivity index (χ4n) is 3.08. The molecule has 0 spiro atoms. The number of halogens is 1. The third-order valence-corrected chi connectivity index (χ3v) is 5.55. The van der Waals surface area contributed by atoms with Crippen molar-refractivity contribution in [2.24, 2.45) is 0 Å². The Balaban J connectivity index is 1.38. The summed E-state index contributed by atoms with van der Waals surface area (Å²) in [7, 11) is 0. The van der Waals surface area contributed by atoms with Crippen molar-refractivity contribution in [3.63, 3.8) is 0 Å². The summed E-state index contributed by atoms with van der Waals surface area (Å²) in [5.41, 5.74) is 0.970. The summed E-state index contributed by atoms with van der Waals surface area (Å²) in [6, 6.07) is 14.0. The molecule has 0 saturated carbocycles. The molecule has 0 N–H and O–H groups in total. The highest BCUT2D eigenvalue weighted by Gasteiger charge is 2.21. The van der Waals surface area contributed by atoms with Crippen LogP contribution in [0.3, 0.4) is 0 Å². The smallest absolute Gasteiger partial charge is 0.222 e. The standard InChI is InChI=1S/C20H23ClN2O4S/c21-16-3-7-18(8-4-16)27-15-1-2-20(24)23-13-11-22(12-14-23)17-5-9-19(10-6-17)28(25)26/h3-10H,1-2,11-15H2,(H,25,26)/p-1. The van der Waals surface area contributed by atoms with Crippen molar-refractivity contribution in [2.75, 3.05) is 37.7 Å². The molecule has 1 amide bonds. The molecule has 0 aromatic heterocycles. The molecule has 0 bridgehead atoms. The first-order valence-electron chi connectivity index (χ1n) is 9.13. The van der Waals surface area contributed by atoms with Crippen LogP contribution in [-0.2, 0) is 15.9 Å². The predicted molar refractivity (Wildman–Crippen MR) is 109 cm³/mol. The number of hydrogen-bond acceptors (Lipinski definition) is 5. The maximum Gasteiger partial charge on any atom is 0.222 e. The molecule has 1 aliphatic heterocycles. The monoisotopic (exact) mass is 421 g/mol. The Hall–Kier alpha value is -2.09. The average Bonchev–Trinajstić information content (AvgIpc) is 2.72. The zero-order chi connectivity index (χ0) is 19.9. The second kappa shape index (κ2) is 9.91. The second-order valence-corrected chi connectivity index (χ2v) is 7.88. The summed E-state index contributed by atoms with van der Waals surface area (Å²) >= 11 is 3.63. The fourth-order valence-corrected chi connectivity index (χ4v) is 3.57. The molecule has 1 heterocycles. The van der Waals surface area contributed by atoms with Gasteiger partial charge in [0.2, 0.25) is 5.91 Å². The van der Waals surface area contributed by atoms with Crippen LogP contribution in [0.4, 0.5) is 5.69 Å². The molecule has 0 radical (unpaired) electrons. The van der Waals surface area contributed by atoms with Crippen LogP contribution < -0.4 is 9.64 Å². The maximum atomic E-state index is 12.4. The summed E-state index contributed by atoms with van der Waals surface area (Å²) in [4.78, 5) is 16.7. The highest BCUT2D eigenvalue weighted by Crippen LogP contribution is 2.19. The Morgan fingerprint density at radius 1 is 1.04 bits per heavy atom. The quantitative estimate of drug-likeness (QED) is 0.507. The van der Waals surface area contributed by atoms with Crippen molar-refractivity contribution in [3.8, 4) is 5.75 Å². The van der Waals surface area contributed by atoms with E-state index >= 15 is 0 Å². The van der Waals surface area contributed by atoms with Gasteiger partial charge in [0.25, 0.3) is 0 Å². The lowest BCUT2D eigenvalue weighted by Crippen LogP contribution is -2.48. The number of carbonyl (C=O) groups excluding carboxylic acids is 1. The molecule has 6 nitrogen and oxygen atoms in total. The van der Waals surface area contributed by atoms with E-state index in [0.717, 1.165) is 24.5 Å². The first-order chi connectivity index (χ1) is 13.5. The van der Waals surface area contributed by atoms with Gasteiger partial charge in [-0.1, -0.05) is 11.6 Å². The molecule has 3 rings (SSSR count). The van der Waals surface area contributed by atoms with E-state index in [9.17, 15) is 13.6 Å².